The highest BCUT2D eigenvalue weighted by Gasteiger charge is 2.28. The molecule has 0 aromatic carbocycles. The van der Waals surface area contributed by atoms with Crippen molar-refractivity contribution in [2.45, 2.75) is 44.2 Å². The third-order valence-electron chi connectivity index (χ3n) is 4.21. The van der Waals surface area contributed by atoms with E-state index in [1.54, 1.807) is 6.20 Å². The first-order valence-corrected chi connectivity index (χ1v) is 7.41. The van der Waals surface area contributed by atoms with Gasteiger partial charge in [0.05, 0.1) is 25.0 Å². The lowest BCUT2D eigenvalue weighted by molar-refractivity contribution is 0.149. The number of aromatic nitrogens is 4. The van der Waals surface area contributed by atoms with Crippen LogP contribution in [0.25, 0.3) is 0 Å². The summed E-state index contributed by atoms with van der Waals surface area (Å²) in [6.07, 6.45) is 10.5. The highest BCUT2D eigenvalue weighted by molar-refractivity contribution is 5.08. The predicted molar refractivity (Wildman–Crippen MR) is 72.0 cm³/mol. The van der Waals surface area contributed by atoms with E-state index in [4.69, 9.17) is 4.42 Å². The maximum atomic E-state index is 5.85. The lowest BCUT2D eigenvalue weighted by Gasteiger charge is -2.31. The van der Waals surface area contributed by atoms with Crippen LogP contribution in [0.15, 0.2) is 23.0 Å². The molecular formula is C14H19N5O. The van der Waals surface area contributed by atoms with Crippen molar-refractivity contribution in [3.8, 4) is 0 Å². The molecule has 1 saturated heterocycles. The lowest BCUT2D eigenvalue weighted by Crippen LogP contribution is -2.36. The second-order valence-electron chi connectivity index (χ2n) is 5.84. The molecule has 0 N–H and O–H groups in total. The zero-order valence-corrected chi connectivity index (χ0v) is 11.5. The zero-order valence-electron chi connectivity index (χ0n) is 11.5. The van der Waals surface area contributed by atoms with Crippen LogP contribution in [0.3, 0.4) is 0 Å². The van der Waals surface area contributed by atoms with Gasteiger partial charge in [-0.25, -0.2) is 9.67 Å². The minimum atomic E-state index is 0.420. The fourth-order valence-corrected chi connectivity index (χ4v) is 2.95. The van der Waals surface area contributed by atoms with E-state index < -0.39 is 0 Å². The molecule has 4 rings (SSSR count). The molecule has 0 spiro atoms. The highest BCUT2D eigenvalue weighted by Crippen LogP contribution is 2.40. The molecule has 0 amide bonds. The first-order chi connectivity index (χ1) is 9.88. The van der Waals surface area contributed by atoms with Gasteiger partial charge in [0.2, 0.25) is 5.89 Å². The van der Waals surface area contributed by atoms with E-state index in [2.05, 4.69) is 20.2 Å². The SMILES string of the molecule is c1cn(C2CCCN(Cc3ncc(C4CC4)o3)C2)nn1. The van der Waals surface area contributed by atoms with Crippen LogP contribution in [0.2, 0.25) is 0 Å². The fourth-order valence-electron chi connectivity index (χ4n) is 2.95. The smallest absolute Gasteiger partial charge is 0.208 e. The summed E-state index contributed by atoms with van der Waals surface area (Å²) in [5.74, 6) is 2.57. The minimum Gasteiger partial charge on any atom is -0.444 e. The van der Waals surface area contributed by atoms with Gasteiger partial charge >= 0.3 is 0 Å². The van der Waals surface area contributed by atoms with E-state index in [0.29, 0.717) is 12.0 Å². The highest BCUT2D eigenvalue weighted by atomic mass is 16.4. The lowest BCUT2D eigenvalue weighted by atomic mass is 10.1. The van der Waals surface area contributed by atoms with Crippen LogP contribution in [0.1, 0.15) is 49.3 Å². The molecule has 3 heterocycles. The van der Waals surface area contributed by atoms with Crippen LogP contribution in [0.4, 0.5) is 0 Å². The number of hydrogen-bond donors (Lipinski definition) is 0. The Labute approximate surface area is 117 Å². The maximum absolute atomic E-state index is 5.85. The Bertz CT molecular complexity index is 560. The summed E-state index contributed by atoms with van der Waals surface area (Å²) in [6, 6.07) is 0.420. The van der Waals surface area contributed by atoms with Crippen molar-refractivity contribution in [1.29, 1.82) is 0 Å². The second-order valence-corrected chi connectivity index (χ2v) is 5.84. The van der Waals surface area contributed by atoms with Crippen LogP contribution in [0.5, 0.6) is 0 Å². The predicted octanol–water partition coefficient (Wildman–Crippen LogP) is 1.98. The van der Waals surface area contributed by atoms with Crippen molar-refractivity contribution >= 4 is 0 Å². The Morgan fingerprint density at radius 1 is 1.30 bits per heavy atom. The Balaban J connectivity index is 1.40. The van der Waals surface area contributed by atoms with Gasteiger partial charge in [-0.3, -0.25) is 4.90 Å². The molecule has 1 aliphatic heterocycles. The summed E-state index contributed by atoms with van der Waals surface area (Å²) in [5, 5.41) is 8.02. The molecule has 2 aromatic heterocycles. The summed E-state index contributed by atoms with van der Waals surface area (Å²) < 4.78 is 7.82. The van der Waals surface area contributed by atoms with Gasteiger partial charge in [-0.1, -0.05) is 5.21 Å². The Morgan fingerprint density at radius 2 is 2.25 bits per heavy atom. The topological polar surface area (TPSA) is 60.0 Å². The van der Waals surface area contributed by atoms with Gasteiger partial charge in [-0.05, 0) is 32.2 Å². The van der Waals surface area contributed by atoms with E-state index >= 15 is 0 Å². The third-order valence-corrected chi connectivity index (χ3v) is 4.21. The van der Waals surface area contributed by atoms with Crippen molar-refractivity contribution in [2.24, 2.45) is 0 Å². The number of piperidine rings is 1. The van der Waals surface area contributed by atoms with Crippen molar-refractivity contribution in [2.75, 3.05) is 13.1 Å². The average molecular weight is 273 g/mol. The molecule has 2 fully saturated rings. The molecule has 0 radical (unpaired) electrons. The van der Waals surface area contributed by atoms with Gasteiger partial charge in [0.25, 0.3) is 0 Å². The van der Waals surface area contributed by atoms with E-state index in [9.17, 15) is 0 Å². The van der Waals surface area contributed by atoms with Crippen LogP contribution < -0.4 is 0 Å². The molecule has 2 aliphatic rings. The molecule has 1 atom stereocenters. The molecule has 2 aromatic rings. The minimum absolute atomic E-state index is 0.420. The first kappa shape index (κ1) is 12.1. The van der Waals surface area contributed by atoms with Crippen molar-refractivity contribution in [3.63, 3.8) is 0 Å². The molecule has 106 valence electrons. The molecule has 6 heteroatoms. The van der Waals surface area contributed by atoms with Crippen molar-refractivity contribution < 1.29 is 4.42 Å². The van der Waals surface area contributed by atoms with Crippen molar-refractivity contribution in [3.05, 3.63) is 30.2 Å². The van der Waals surface area contributed by atoms with Gasteiger partial charge in [-0.2, -0.15) is 0 Å². The number of rotatable bonds is 4. The quantitative estimate of drug-likeness (QED) is 0.852. The van der Waals surface area contributed by atoms with E-state index in [0.717, 1.165) is 31.3 Å². The van der Waals surface area contributed by atoms with E-state index in [1.807, 2.05) is 17.1 Å². The average Bonchev–Trinajstić information content (AvgIpc) is 3.00. The molecule has 1 aliphatic carbocycles. The standard InChI is InChI=1S/C14H19N5O/c1-2-12(19-7-5-16-17-19)9-18(6-1)10-14-15-8-13(20-14)11-3-4-11/h5,7-8,11-12H,1-4,6,9-10H2. The molecule has 1 saturated carbocycles. The maximum Gasteiger partial charge on any atom is 0.208 e. The molecule has 20 heavy (non-hydrogen) atoms. The number of oxazole rings is 1. The second kappa shape index (κ2) is 5.01. The fraction of sp³-hybridized carbons (Fsp3) is 0.643. The normalized spacial score (nSPS) is 24.1. The van der Waals surface area contributed by atoms with Gasteiger partial charge in [0, 0.05) is 18.7 Å². The summed E-state index contributed by atoms with van der Waals surface area (Å²) in [4.78, 5) is 6.82. The number of hydrogen-bond acceptors (Lipinski definition) is 5. The van der Waals surface area contributed by atoms with Crippen LogP contribution in [-0.4, -0.2) is 38.0 Å². The van der Waals surface area contributed by atoms with E-state index in [1.165, 1.54) is 25.7 Å². The largest absolute Gasteiger partial charge is 0.444 e. The number of likely N-dealkylation sites (tertiary alicyclic amines) is 1. The van der Waals surface area contributed by atoms with Gasteiger partial charge in [0.15, 0.2) is 0 Å². The molecular weight excluding hydrogens is 254 g/mol. The molecule has 6 nitrogen and oxygen atoms in total. The first-order valence-electron chi connectivity index (χ1n) is 7.41. The van der Waals surface area contributed by atoms with Crippen LogP contribution >= 0.6 is 0 Å². The summed E-state index contributed by atoms with van der Waals surface area (Å²) >= 11 is 0. The Morgan fingerprint density at radius 3 is 3.05 bits per heavy atom. The molecule has 0 bridgehead atoms. The van der Waals surface area contributed by atoms with Gasteiger partial charge < -0.3 is 4.42 Å². The van der Waals surface area contributed by atoms with Gasteiger partial charge in [0.1, 0.15) is 5.76 Å². The number of nitrogens with zero attached hydrogens (tertiary/aromatic N) is 5. The molecule has 1 unspecified atom stereocenters. The summed E-state index contributed by atoms with van der Waals surface area (Å²) in [7, 11) is 0. The monoisotopic (exact) mass is 273 g/mol. The van der Waals surface area contributed by atoms with Gasteiger partial charge in [-0.15, -0.1) is 5.10 Å². The van der Waals surface area contributed by atoms with Crippen LogP contribution in [0, 0.1) is 0 Å². The Hall–Kier alpha value is -1.69. The van der Waals surface area contributed by atoms with Crippen molar-refractivity contribution in [1.82, 2.24) is 24.9 Å². The van der Waals surface area contributed by atoms with Crippen LogP contribution in [-0.2, 0) is 6.54 Å². The summed E-state index contributed by atoms with van der Waals surface area (Å²) in [6.45, 7) is 2.90. The third kappa shape index (κ3) is 2.47. The Kier molecular flexibility index (Phi) is 3.03. The zero-order chi connectivity index (χ0) is 13.4. The van der Waals surface area contributed by atoms with E-state index in [-0.39, 0.29) is 0 Å². The summed E-state index contributed by atoms with van der Waals surface area (Å²) in [5.41, 5.74) is 0.